The minimum absolute atomic E-state index is 0.367. The fourth-order valence-electron chi connectivity index (χ4n) is 3.01. The number of rotatable bonds is 7. The van der Waals surface area contributed by atoms with Crippen LogP contribution in [0.4, 0.5) is 16.2 Å². The van der Waals surface area contributed by atoms with Gasteiger partial charge in [-0.1, -0.05) is 23.4 Å². The average molecular weight is 394 g/mol. The van der Waals surface area contributed by atoms with E-state index in [-0.39, 0.29) is 6.03 Å². The lowest BCUT2D eigenvalue weighted by atomic mass is 10.1. The van der Waals surface area contributed by atoms with Crippen LogP contribution >= 0.6 is 0 Å². The Bertz CT molecular complexity index is 1010. The number of amides is 2. The minimum atomic E-state index is -0.367. The first-order valence-electron chi connectivity index (χ1n) is 9.36. The molecular formula is C21H22N4O4. The van der Waals surface area contributed by atoms with Crippen molar-refractivity contribution in [2.45, 2.75) is 25.2 Å². The van der Waals surface area contributed by atoms with Gasteiger partial charge in [0.15, 0.2) is 17.3 Å². The molecule has 0 spiro atoms. The summed E-state index contributed by atoms with van der Waals surface area (Å²) in [5, 5.41) is 9.72. The van der Waals surface area contributed by atoms with Gasteiger partial charge in [0.25, 0.3) is 0 Å². The molecular weight excluding hydrogens is 372 g/mol. The van der Waals surface area contributed by atoms with E-state index in [0.717, 1.165) is 24.2 Å². The summed E-state index contributed by atoms with van der Waals surface area (Å²) in [5.74, 6) is 2.88. The number of hydrogen-bond donors (Lipinski definition) is 2. The van der Waals surface area contributed by atoms with Crippen LogP contribution in [0.2, 0.25) is 0 Å². The molecule has 1 aliphatic rings. The minimum Gasteiger partial charge on any atom is -0.493 e. The highest BCUT2D eigenvalue weighted by Gasteiger charge is 2.28. The molecule has 8 heteroatoms. The maximum atomic E-state index is 12.5. The van der Waals surface area contributed by atoms with E-state index in [1.807, 2.05) is 24.3 Å². The summed E-state index contributed by atoms with van der Waals surface area (Å²) >= 11 is 0. The van der Waals surface area contributed by atoms with Crippen molar-refractivity contribution < 1.29 is 18.8 Å². The zero-order valence-electron chi connectivity index (χ0n) is 16.3. The second kappa shape index (κ2) is 8.22. The number of benzene rings is 2. The number of methoxy groups -OCH3 is 2. The van der Waals surface area contributed by atoms with E-state index in [9.17, 15) is 4.79 Å². The lowest BCUT2D eigenvalue weighted by molar-refractivity contribution is 0.262. The predicted molar refractivity (Wildman–Crippen MR) is 108 cm³/mol. The van der Waals surface area contributed by atoms with E-state index in [2.05, 4.69) is 20.8 Å². The van der Waals surface area contributed by atoms with Gasteiger partial charge >= 0.3 is 6.03 Å². The van der Waals surface area contributed by atoms with Gasteiger partial charge in [0, 0.05) is 23.4 Å². The molecule has 1 saturated carbocycles. The van der Waals surface area contributed by atoms with Crippen LogP contribution in [0.5, 0.6) is 11.5 Å². The molecule has 2 amide bonds. The summed E-state index contributed by atoms with van der Waals surface area (Å²) in [6.07, 6.45) is 2.69. The maximum absolute atomic E-state index is 12.5. The van der Waals surface area contributed by atoms with Crippen molar-refractivity contribution in [1.29, 1.82) is 0 Å². The fraction of sp³-hybridized carbons (Fsp3) is 0.286. The van der Waals surface area contributed by atoms with Crippen molar-refractivity contribution in [2.75, 3.05) is 24.9 Å². The van der Waals surface area contributed by atoms with Crippen LogP contribution in [0, 0.1) is 0 Å². The number of para-hydroxylation sites is 1. The summed E-state index contributed by atoms with van der Waals surface area (Å²) in [4.78, 5) is 17.0. The molecule has 150 valence electrons. The fourth-order valence-corrected chi connectivity index (χ4v) is 3.01. The van der Waals surface area contributed by atoms with Crippen LogP contribution < -0.4 is 20.1 Å². The first kappa shape index (κ1) is 18.8. The molecule has 0 aliphatic heterocycles. The van der Waals surface area contributed by atoms with Gasteiger partial charge in [-0.25, -0.2) is 4.79 Å². The van der Waals surface area contributed by atoms with Crippen molar-refractivity contribution in [1.82, 2.24) is 10.1 Å². The molecule has 0 bridgehead atoms. The number of aromatic nitrogens is 2. The number of nitrogens with one attached hydrogen (secondary N) is 2. The van der Waals surface area contributed by atoms with E-state index < -0.39 is 0 Å². The standard InChI is InChI=1S/C21H22N4O4/c1-27-17-10-9-15(12-18(17)28-2)22-21(26)23-16-6-4-3-5-14(16)11-19-24-20(25-29-19)13-7-8-13/h3-6,9-10,12-13H,7-8,11H2,1-2H3,(H2,22,23,26). The average Bonchev–Trinajstić information content (AvgIpc) is 3.48. The van der Waals surface area contributed by atoms with Crippen LogP contribution in [0.3, 0.4) is 0 Å². The molecule has 1 heterocycles. The molecule has 29 heavy (non-hydrogen) atoms. The monoisotopic (exact) mass is 394 g/mol. The van der Waals surface area contributed by atoms with E-state index in [4.69, 9.17) is 14.0 Å². The van der Waals surface area contributed by atoms with E-state index in [1.165, 1.54) is 0 Å². The van der Waals surface area contributed by atoms with Crippen molar-refractivity contribution in [3.05, 3.63) is 59.7 Å². The Morgan fingerprint density at radius 2 is 1.90 bits per heavy atom. The third-order valence-electron chi connectivity index (χ3n) is 4.67. The highest BCUT2D eigenvalue weighted by molar-refractivity contribution is 6.00. The second-order valence-corrected chi connectivity index (χ2v) is 6.80. The number of hydrogen-bond acceptors (Lipinski definition) is 6. The molecule has 1 aliphatic carbocycles. The van der Waals surface area contributed by atoms with Crippen molar-refractivity contribution in [3.8, 4) is 11.5 Å². The van der Waals surface area contributed by atoms with Crippen LogP contribution in [0.15, 0.2) is 47.0 Å². The maximum Gasteiger partial charge on any atom is 0.323 e. The Kier molecular flexibility index (Phi) is 5.33. The predicted octanol–water partition coefficient (Wildman–Crippen LogP) is 4.20. The number of anilines is 2. The molecule has 2 N–H and O–H groups in total. The number of carbonyl (C=O) groups is 1. The molecule has 3 aromatic rings. The highest BCUT2D eigenvalue weighted by Crippen LogP contribution is 2.38. The Balaban J connectivity index is 1.44. The summed E-state index contributed by atoms with van der Waals surface area (Å²) in [5.41, 5.74) is 2.15. The van der Waals surface area contributed by atoms with Crippen LogP contribution in [-0.2, 0) is 6.42 Å². The number of urea groups is 1. The molecule has 2 aromatic carbocycles. The highest BCUT2D eigenvalue weighted by atomic mass is 16.5. The van der Waals surface area contributed by atoms with Gasteiger partial charge in [0.1, 0.15) is 0 Å². The third kappa shape index (κ3) is 4.48. The van der Waals surface area contributed by atoms with Gasteiger partial charge in [-0.2, -0.15) is 4.98 Å². The summed E-state index contributed by atoms with van der Waals surface area (Å²) in [6.45, 7) is 0. The van der Waals surface area contributed by atoms with Crippen LogP contribution in [0.1, 0.15) is 36.0 Å². The van der Waals surface area contributed by atoms with Crippen molar-refractivity contribution in [3.63, 3.8) is 0 Å². The molecule has 0 saturated heterocycles. The molecule has 4 rings (SSSR count). The lowest BCUT2D eigenvalue weighted by Gasteiger charge is -2.13. The zero-order chi connectivity index (χ0) is 20.2. The van der Waals surface area contributed by atoms with Crippen LogP contribution in [0.25, 0.3) is 0 Å². The summed E-state index contributed by atoms with van der Waals surface area (Å²) in [6, 6.07) is 12.3. The van der Waals surface area contributed by atoms with Gasteiger partial charge in [-0.15, -0.1) is 0 Å². The Hall–Kier alpha value is -3.55. The quantitative estimate of drug-likeness (QED) is 0.623. The molecule has 1 aromatic heterocycles. The number of ether oxygens (including phenoxy) is 2. The Morgan fingerprint density at radius 1 is 1.10 bits per heavy atom. The van der Waals surface area contributed by atoms with Crippen LogP contribution in [-0.4, -0.2) is 30.4 Å². The Labute approximate surface area is 168 Å². The van der Waals surface area contributed by atoms with Crippen molar-refractivity contribution in [2.24, 2.45) is 0 Å². The summed E-state index contributed by atoms with van der Waals surface area (Å²) < 4.78 is 15.8. The van der Waals surface area contributed by atoms with E-state index >= 15 is 0 Å². The van der Waals surface area contributed by atoms with Gasteiger partial charge in [-0.05, 0) is 36.6 Å². The molecule has 1 fully saturated rings. The SMILES string of the molecule is COc1ccc(NC(=O)Nc2ccccc2Cc2nc(C3CC3)no2)cc1OC. The molecule has 0 unspecified atom stereocenters. The van der Waals surface area contributed by atoms with Gasteiger partial charge in [-0.3, -0.25) is 0 Å². The smallest absolute Gasteiger partial charge is 0.323 e. The van der Waals surface area contributed by atoms with E-state index in [1.54, 1.807) is 32.4 Å². The topological polar surface area (TPSA) is 98.5 Å². The normalized spacial score (nSPS) is 13.0. The molecule has 0 radical (unpaired) electrons. The number of carbonyl (C=O) groups excluding carboxylic acids is 1. The van der Waals surface area contributed by atoms with E-state index in [0.29, 0.717) is 41.1 Å². The first-order valence-corrected chi connectivity index (χ1v) is 9.36. The molecule has 0 atom stereocenters. The zero-order valence-corrected chi connectivity index (χ0v) is 16.3. The third-order valence-corrected chi connectivity index (χ3v) is 4.67. The summed E-state index contributed by atoms with van der Waals surface area (Å²) in [7, 11) is 3.11. The largest absolute Gasteiger partial charge is 0.493 e. The Morgan fingerprint density at radius 3 is 2.66 bits per heavy atom. The first-order chi connectivity index (χ1) is 14.2. The number of nitrogens with zero attached hydrogens (tertiary/aromatic N) is 2. The molecule has 8 nitrogen and oxygen atoms in total. The van der Waals surface area contributed by atoms with Gasteiger partial charge < -0.3 is 24.6 Å². The van der Waals surface area contributed by atoms with Gasteiger partial charge in [0.05, 0.1) is 20.6 Å². The second-order valence-electron chi connectivity index (χ2n) is 6.80. The van der Waals surface area contributed by atoms with Gasteiger partial charge in [0.2, 0.25) is 5.89 Å². The lowest BCUT2D eigenvalue weighted by Crippen LogP contribution is -2.20. The van der Waals surface area contributed by atoms with Crippen molar-refractivity contribution >= 4 is 17.4 Å².